The Morgan fingerprint density at radius 2 is 1.10 bits per heavy atom. The van der Waals surface area contributed by atoms with Crippen molar-refractivity contribution in [1.82, 2.24) is 16.0 Å². The number of hydrogen-bond donors (Lipinski definition) is 16. The number of amides is 2. The molecule has 0 aromatic carbocycles. The van der Waals surface area contributed by atoms with E-state index in [1.54, 1.807) is 0 Å². The van der Waals surface area contributed by atoms with Gasteiger partial charge in [0.15, 0.2) is 0 Å². The molecule has 3 saturated heterocycles. The Balaban J connectivity index is 1.87. The summed E-state index contributed by atoms with van der Waals surface area (Å²) in [6, 6.07) is -4.91. The van der Waals surface area contributed by atoms with Crippen molar-refractivity contribution in [1.29, 1.82) is 0 Å². The summed E-state index contributed by atoms with van der Waals surface area (Å²) in [6.45, 7) is 2.14. The molecule has 17 unspecified atom stereocenters. The molecule has 3 rings (SSSR count). The lowest BCUT2D eigenvalue weighted by Crippen LogP contribution is -2.71. The predicted octanol–water partition coefficient (Wildman–Crippen LogP) is -4.15. The summed E-state index contributed by atoms with van der Waals surface area (Å²) in [5.74, 6) is -17.2. The van der Waals surface area contributed by atoms with Gasteiger partial charge in [0.2, 0.25) is 11.8 Å². The first-order valence-corrected chi connectivity index (χ1v) is 23.6. The number of nitrogens with two attached hydrogens (primary N) is 1. The number of rotatable bonds is 30. The monoisotopic (exact) mass is 1000 g/mol. The number of carbonyl (C=O) groups is 5. The van der Waals surface area contributed by atoms with Gasteiger partial charge < -0.3 is 107 Å². The molecular formula is C43H76N4O22. The Morgan fingerprint density at radius 3 is 1.57 bits per heavy atom. The van der Waals surface area contributed by atoms with Crippen LogP contribution in [-0.4, -0.2) is 220 Å². The maximum Gasteiger partial charge on any atom is 0.364 e. The van der Waals surface area contributed by atoms with Crippen LogP contribution in [0.25, 0.3) is 0 Å². The van der Waals surface area contributed by atoms with Crippen molar-refractivity contribution in [2.24, 2.45) is 5.73 Å². The number of carboxylic acid groups (broad SMARTS) is 3. The van der Waals surface area contributed by atoms with Crippen LogP contribution in [0.5, 0.6) is 0 Å². The standard InChI is InChI=1S/C43H76N4O22/c1-4-6-7-8-9-10-11-12-13-14-15-45-19-26(54)35-30(44)23(51)17-42(68-35,39(60)61)65-28(21-49)34(57)37-31(46-22(3)50)25(53)18-43(69-37,40(62)63)66-27(20-48)33(56)36-32(47-29(55)5-2)24(52)16-41(64,67-36)38(58)59/h23-28,30-37,45,48-49,51-54,56-57,64H,4-21,44H2,1-3H3,(H,46,50)(H,47,55)(H,58,59)(H,60,61)(H,62,63). The molecule has 26 heteroatoms. The smallest absolute Gasteiger partial charge is 0.364 e. The zero-order valence-electron chi connectivity index (χ0n) is 39.3. The molecule has 0 spiro atoms. The largest absolute Gasteiger partial charge is 0.477 e. The van der Waals surface area contributed by atoms with Gasteiger partial charge in [0.25, 0.3) is 17.4 Å². The van der Waals surface area contributed by atoms with Crippen LogP contribution in [0.1, 0.15) is 111 Å². The van der Waals surface area contributed by atoms with Crippen LogP contribution in [0, 0.1) is 0 Å². The van der Waals surface area contributed by atoms with Gasteiger partial charge in [-0.3, -0.25) is 9.59 Å². The number of nitrogens with one attached hydrogen (secondary N) is 3. The average Bonchev–Trinajstić information content (AvgIpc) is 3.29. The Labute approximate surface area is 399 Å². The van der Waals surface area contributed by atoms with Crippen LogP contribution in [-0.2, 0) is 47.7 Å². The highest BCUT2D eigenvalue weighted by Crippen LogP contribution is 2.39. The number of aliphatic hydroxyl groups excluding tert-OH is 8. The first-order valence-electron chi connectivity index (χ1n) is 23.6. The fraction of sp³-hybridized carbons (Fsp3) is 0.884. The minimum Gasteiger partial charge on any atom is -0.477 e. The van der Waals surface area contributed by atoms with E-state index in [-0.39, 0.29) is 13.0 Å². The Morgan fingerprint density at radius 1 is 0.652 bits per heavy atom. The summed E-state index contributed by atoms with van der Waals surface area (Å²) in [5.41, 5.74) is 6.17. The van der Waals surface area contributed by atoms with E-state index in [1.165, 1.54) is 39.0 Å². The number of ether oxygens (including phenoxy) is 5. The highest BCUT2D eigenvalue weighted by atomic mass is 16.8. The number of hydrogen-bond acceptors (Lipinski definition) is 21. The van der Waals surface area contributed by atoms with Gasteiger partial charge in [0.05, 0.1) is 55.8 Å². The molecule has 2 amide bonds. The van der Waals surface area contributed by atoms with Crippen molar-refractivity contribution in [3.63, 3.8) is 0 Å². The highest BCUT2D eigenvalue weighted by molar-refractivity contribution is 5.78. The van der Waals surface area contributed by atoms with E-state index in [4.69, 9.17) is 29.4 Å². The van der Waals surface area contributed by atoms with E-state index in [0.29, 0.717) is 6.54 Å². The average molecular weight is 1000 g/mol. The minimum atomic E-state index is -3.28. The fourth-order valence-corrected chi connectivity index (χ4v) is 8.81. The lowest BCUT2D eigenvalue weighted by molar-refractivity contribution is -0.354. The van der Waals surface area contributed by atoms with Gasteiger partial charge in [0.1, 0.15) is 42.7 Å². The molecule has 0 saturated carbocycles. The third-order valence-electron chi connectivity index (χ3n) is 12.7. The van der Waals surface area contributed by atoms with Crippen LogP contribution in [0.3, 0.4) is 0 Å². The van der Waals surface area contributed by atoms with Gasteiger partial charge in [0, 0.05) is 39.2 Å². The van der Waals surface area contributed by atoms with Gasteiger partial charge in [-0.2, -0.15) is 0 Å². The van der Waals surface area contributed by atoms with Crippen LogP contribution >= 0.6 is 0 Å². The van der Waals surface area contributed by atoms with Gasteiger partial charge in [-0.1, -0.05) is 71.6 Å². The molecule has 0 aromatic heterocycles. The summed E-state index contributed by atoms with van der Waals surface area (Å²) in [4.78, 5) is 62.8. The summed E-state index contributed by atoms with van der Waals surface area (Å²) >= 11 is 0. The van der Waals surface area contributed by atoms with E-state index >= 15 is 0 Å². The third kappa shape index (κ3) is 15.8. The van der Waals surface area contributed by atoms with E-state index < -0.39 is 165 Å². The van der Waals surface area contributed by atoms with Crippen molar-refractivity contribution < 1.29 is 109 Å². The summed E-state index contributed by atoms with van der Waals surface area (Å²) in [6.07, 6.45) is -15.2. The van der Waals surface area contributed by atoms with Crippen LogP contribution in [0.15, 0.2) is 0 Å². The fourth-order valence-electron chi connectivity index (χ4n) is 8.81. The highest BCUT2D eigenvalue weighted by Gasteiger charge is 2.61. The molecule has 0 radical (unpaired) electrons. The predicted molar refractivity (Wildman–Crippen MR) is 234 cm³/mol. The molecule has 0 bridgehead atoms. The lowest BCUT2D eigenvalue weighted by atomic mass is 9.87. The van der Waals surface area contributed by atoms with Crippen LogP contribution in [0.4, 0.5) is 0 Å². The van der Waals surface area contributed by atoms with E-state index in [1.807, 2.05) is 0 Å². The van der Waals surface area contributed by atoms with E-state index in [2.05, 4.69) is 22.9 Å². The van der Waals surface area contributed by atoms with Gasteiger partial charge in [-0.05, 0) is 13.0 Å². The van der Waals surface area contributed by atoms with Crippen molar-refractivity contribution in [3.05, 3.63) is 0 Å². The second-order valence-corrected chi connectivity index (χ2v) is 18.1. The normalized spacial score (nSPS) is 33.9. The minimum absolute atomic E-state index is 0.167. The summed E-state index contributed by atoms with van der Waals surface area (Å²) < 4.78 is 28.1. The van der Waals surface area contributed by atoms with Crippen molar-refractivity contribution in [2.75, 3.05) is 26.3 Å². The first kappa shape index (κ1) is 60.0. The maximum atomic E-state index is 13.1. The molecule has 26 nitrogen and oxygen atoms in total. The van der Waals surface area contributed by atoms with Crippen LogP contribution in [0.2, 0.25) is 0 Å². The van der Waals surface area contributed by atoms with E-state index in [0.717, 1.165) is 39.0 Å². The zero-order chi connectivity index (χ0) is 51.9. The second kappa shape index (κ2) is 27.5. The topological polar surface area (TPSA) is 436 Å². The van der Waals surface area contributed by atoms with E-state index in [9.17, 15) is 85.3 Å². The third-order valence-corrected chi connectivity index (χ3v) is 12.7. The van der Waals surface area contributed by atoms with Crippen molar-refractivity contribution in [3.8, 4) is 0 Å². The van der Waals surface area contributed by atoms with Crippen molar-refractivity contribution in [2.45, 2.75) is 213 Å². The molecule has 3 aliphatic rings. The first-order chi connectivity index (χ1) is 32.5. The van der Waals surface area contributed by atoms with Crippen LogP contribution < -0.4 is 21.7 Å². The Hall–Kier alpha value is -3.29. The molecule has 17 N–H and O–H groups in total. The molecule has 3 fully saturated rings. The number of aliphatic hydroxyl groups is 9. The lowest BCUT2D eigenvalue weighted by Gasteiger charge is -2.50. The molecule has 17 atom stereocenters. The maximum absolute atomic E-state index is 13.1. The second-order valence-electron chi connectivity index (χ2n) is 18.1. The molecule has 3 aliphatic heterocycles. The summed E-state index contributed by atoms with van der Waals surface area (Å²) in [5, 5.41) is 138. The molecule has 0 aliphatic carbocycles. The quantitative estimate of drug-likeness (QED) is 0.0304. The molecule has 3 heterocycles. The molecular weight excluding hydrogens is 924 g/mol. The molecule has 69 heavy (non-hydrogen) atoms. The Bertz CT molecular complexity index is 1650. The summed E-state index contributed by atoms with van der Waals surface area (Å²) in [7, 11) is 0. The van der Waals surface area contributed by atoms with Gasteiger partial charge in [-0.15, -0.1) is 0 Å². The van der Waals surface area contributed by atoms with Crippen molar-refractivity contribution >= 4 is 29.7 Å². The van der Waals surface area contributed by atoms with Gasteiger partial charge >= 0.3 is 17.9 Å². The SMILES string of the molecule is CCCCCCCCCCCCNCC(O)C1OC(OC(CO)C(O)C2OC(OC(CO)C(O)C3OC(O)(C(=O)O)CC(O)C3NC(=O)CC)(C(=O)O)CC(O)C2NC(C)=O)(C(=O)O)CC(O)C1N. The number of carbonyl (C=O) groups excluding carboxylic acids is 2. The molecule has 0 aromatic rings. The number of aliphatic carboxylic acids is 3. The van der Waals surface area contributed by atoms with Gasteiger partial charge in [-0.25, -0.2) is 14.4 Å². The number of unbranched alkanes of at least 4 members (excludes halogenated alkanes) is 9. The number of carboxylic acids is 3. The zero-order valence-corrected chi connectivity index (χ0v) is 39.3. The molecule has 400 valence electrons. The Kier molecular flexibility index (Phi) is 23.9.